The van der Waals surface area contributed by atoms with Gasteiger partial charge in [-0.15, -0.1) is 6.58 Å². The molecule has 0 bridgehead atoms. The van der Waals surface area contributed by atoms with Crippen molar-refractivity contribution >= 4 is 23.5 Å². The Bertz CT molecular complexity index is 892. The SMILES string of the molecule is C=CCn1c(O)c(C(=O)C=Cc2ccc(Cl)cc2)c(=O)[nH]c1=O. The molecule has 0 aliphatic carbocycles. The molecule has 1 heterocycles. The first-order valence-electron chi connectivity index (χ1n) is 6.59. The fraction of sp³-hybridized carbons (Fsp3) is 0.0625. The molecule has 0 aliphatic heterocycles. The molecule has 7 heteroatoms. The van der Waals surface area contributed by atoms with E-state index in [0.29, 0.717) is 10.6 Å². The number of nitrogens with zero attached hydrogens (tertiary/aromatic N) is 1. The number of nitrogens with one attached hydrogen (secondary N) is 1. The number of aromatic amines is 1. The predicted octanol–water partition coefficient (Wildman–Crippen LogP) is 1.98. The van der Waals surface area contributed by atoms with E-state index in [9.17, 15) is 19.5 Å². The molecule has 0 saturated heterocycles. The lowest BCUT2D eigenvalue weighted by Crippen LogP contribution is -2.33. The van der Waals surface area contributed by atoms with Crippen LogP contribution >= 0.6 is 11.6 Å². The Morgan fingerprint density at radius 2 is 1.96 bits per heavy atom. The summed E-state index contributed by atoms with van der Waals surface area (Å²) in [6.45, 7) is 3.41. The van der Waals surface area contributed by atoms with Gasteiger partial charge in [0, 0.05) is 11.6 Å². The molecule has 0 atom stereocenters. The summed E-state index contributed by atoms with van der Waals surface area (Å²) in [5.74, 6) is -1.42. The number of aromatic hydroxyl groups is 1. The quantitative estimate of drug-likeness (QED) is 0.497. The number of allylic oxidation sites excluding steroid dienone is 2. The van der Waals surface area contributed by atoms with E-state index in [1.165, 1.54) is 12.2 Å². The van der Waals surface area contributed by atoms with Gasteiger partial charge in [0.15, 0.2) is 5.78 Å². The predicted molar refractivity (Wildman–Crippen MR) is 88.0 cm³/mol. The first-order chi connectivity index (χ1) is 10.9. The zero-order valence-electron chi connectivity index (χ0n) is 12.0. The van der Waals surface area contributed by atoms with Crippen molar-refractivity contribution in [1.29, 1.82) is 0 Å². The summed E-state index contributed by atoms with van der Waals surface area (Å²) >= 11 is 5.76. The molecule has 0 spiro atoms. The largest absolute Gasteiger partial charge is 0.494 e. The first-order valence-corrected chi connectivity index (χ1v) is 6.96. The second-order valence-corrected chi connectivity index (χ2v) is 5.04. The van der Waals surface area contributed by atoms with Gasteiger partial charge in [-0.1, -0.05) is 35.9 Å². The van der Waals surface area contributed by atoms with E-state index >= 15 is 0 Å². The number of aromatic nitrogens is 2. The summed E-state index contributed by atoms with van der Waals surface area (Å²) in [5.41, 5.74) is -1.57. The van der Waals surface area contributed by atoms with Crippen LogP contribution in [0.4, 0.5) is 0 Å². The molecule has 2 aromatic rings. The molecule has 0 amide bonds. The summed E-state index contributed by atoms with van der Waals surface area (Å²) in [6.07, 6.45) is 3.97. The maximum absolute atomic E-state index is 12.2. The minimum atomic E-state index is -0.946. The Kier molecular flexibility index (Phi) is 4.98. The summed E-state index contributed by atoms with van der Waals surface area (Å²) in [6, 6.07) is 6.68. The van der Waals surface area contributed by atoms with Crippen LogP contribution in [0, 0.1) is 0 Å². The first kappa shape index (κ1) is 16.5. The van der Waals surface area contributed by atoms with Gasteiger partial charge < -0.3 is 5.11 Å². The Hall–Kier alpha value is -2.86. The van der Waals surface area contributed by atoms with Crippen LogP contribution in [-0.4, -0.2) is 20.4 Å². The van der Waals surface area contributed by atoms with E-state index in [2.05, 4.69) is 6.58 Å². The molecule has 1 aromatic heterocycles. The number of hydrogen-bond acceptors (Lipinski definition) is 4. The van der Waals surface area contributed by atoms with E-state index in [0.717, 1.165) is 10.6 Å². The molecule has 6 nitrogen and oxygen atoms in total. The van der Waals surface area contributed by atoms with E-state index in [-0.39, 0.29) is 6.54 Å². The molecular weight excluding hydrogens is 320 g/mol. The van der Waals surface area contributed by atoms with E-state index < -0.39 is 28.5 Å². The zero-order valence-corrected chi connectivity index (χ0v) is 12.7. The van der Waals surface area contributed by atoms with E-state index in [1.54, 1.807) is 24.3 Å². The third-order valence-electron chi connectivity index (χ3n) is 3.03. The second-order valence-electron chi connectivity index (χ2n) is 4.61. The standard InChI is InChI=1S/C16H13ClN2O4/c1-2-9-19-15(22)13(14(21)18-16(19)23)12(20)8-5-10-3-6-11(17)7-4-10/h2-8,22H,1,9H2,(H,18,21,23). The second kappa shape index (κ2) is 6.93. The van der Waals surface area contributed by atoms with Gasteiger partial charge in [0.2, 0.25) is 5.88 Å². The van der Waals surface area contributed by atoms with Crippen LogP contribution < -0.4 is 11.2 Å². The lowest BCUT2D eigenvalue weighted by molar-refractivity contribution is 0.104. The van der Waals surface area contributed by atoms with Gasteiger partial charge in [-0.2, -0.15) is 0 Å². The van der Waals surface area contributed by atoms with Crippen molar-refractivity contribution < 1.29 is 9.90 Å². The van der Waals surface area contributed by atoms with Crippen LogP contribution in [0.2, 0.25) is 5.02 Å². The van der Waals surface area contributed by atoms with Gasteiger partial charge in [-0.25, -0.2) is 4.79 Å². The van der Waals surface area contributed by atoms with Crippen LogP contribution in [0.1, 0.15) is 15.9 Å². The highest BCUT2D eigenvalue weighted by Gasteiger charge is 2.18. The Morgan fingerprint density at radius 3 is 2.57 bits per heavy atom. The van der Waals surface area contributed by atoms with E-state index in [1.807, 2.05) is 4.98 Å². The maximum Gasteiger partial charge on any atom is 0.331 e. The molecule has 0 radical (unpaired) electrons. The summed E-state index contributed by atoms with van der Waals surface area (Å²) in [5, 5.41) is 10.6. The number of carbonyl (C=O) groups excluding carboxylic acids is 1. The molecule has 0 fully saturated rings. The molecule has 118 valence electrons. The number of carbonyl (C=O) groups is 1. The minimum Gasteiger partial charge on any atom is -0.494 e. The van der Waals surface area contributed by atoms with Crippen LogP contribution in [0.5, 0.6) is 5.88 Å². The third-order valence-corrected chi connectivity index (χ3v) is 3.28. The topological polar surface area (TPSA) is 92.2 Å². The number of rotatable bonds is 5. The van der Waals surface area contributed by atoms with Crippen molar-refractivity contribution in [3.8, 4) is 5.88 Å². The smallest absolute Gasteiger partial charge is 0.331 e. The summed E-state index contributed by atoms with van der Waals surface area (Å²) in [4.78, 5) is 37.5. The lowest BCUT2D eigenvalue weighted by Gasteiger charge is -2.07. The molecule has 2 rings (SSSR count). The van der Waals surface area contributed by atoms with Crippen LogP contribution in [-0.2, 0) is 6.54 Å². The number of benzene rings is 1. The minimum absolute atomic E-state index is 0.0391. The molecule has 1 aromatic carbocycles. The average molecular weight is 333 g/mol. The Morgan fingerprint density at radius 1 is 1.30 bits per heavy atom. The van der Waals surface area contributed by atoms with Crippen LogP contribution in [0.15, 0.2) is 52.6 Å². The number of hydrogen-bond donors (Lipinski definition) is 2. The molecule has 0 unspecified atom stereocenters. The van der Waals surface area contributed by atoms with Crippen LogP contribution in [0.25, 0.3) is 6.08 Å². The van der Waals surface area contributed by atoms with Crippen molar-refractivity contribution in [1.82, 2.24) is 9.55 Å². The Balaban J connectivity index is 2.41. The molecule has 0 aliphatic rings. The van der Waals surface area contributed by atoms with Gasteiger partial charge in [-0.3, -0.25) is 19.1 Å². The van der Waals surface area contributed by atoms with Crippen LogP contribution in [0.3, 0.4) is 0 Å². The highest BCUT2D eigenvalue weighted by molar-refractivity contribution is 6.30. The van der Waals surface area contributed by atoms with Gasteiger partial charge in [0.25, 0.3) is 5.56 Å². The van der Waals surface area contributed by atoms with Crippen molar-refractivity contribution in [3.05, 3.63) is 80.0 Å². The van der Waals surface area contributed by atoms with Crippen molar-refractivity contribution in [2.45, 2.75) is 6.54 Å². The molecule has 2 N–H and O–H groups in total. The summed E-state index contributed by atoms with van der Waals surface area (Å²) in [7, 11) is 0. The third kappa shape index (κ3) is 3.67. The number of halogens is 1. The summed E-state index contributed by atoms with van der Waals surface area (Å²) < 4.78 is 0.845. The highest BCUT2D eigenvalue weighted by Crippen LogP contribution is 2.14. The normalized spacial score (nSPS) is 10.8. The highest BCUT2D eigenvalue weighted by atomic mass is 35.5. The zero-order chi connectivity index (χ0) is 17.0. The number of ketones is 1. The van der Waals surface area contributed by atoms with Crippen molar-refractivity contribution in [2.75, 3.05) is 0 Å². The van der Waals surface area contributed by atoms with Gasteiger partial charge in [0.05, 0.1) is 0 Å². The van der Waals surface area contributed by atoms with Gasteiger partial charge in [0.1, 0.15) is 5.56 Å². The van der Waals surface area contributed by atoms with E-state index in [4.69, 9.17) is 11.6 Å². The van der Waals surface area contributed by atoms with Gasteiger partial charge >= 0.3 is 5.69 Å². The van der Waals surface area contributed by atoms with Crippen molar-refractivity contribution in [3.63, 3.8) is 0 Å². The number of H-pyrrole nitrogens is 1. The Labute approximate surface area is 136 Å². The van der Waals surface area contributed by atoms with Crippen molar-refractivity contribution in [2.24, 2.45) is 0 Å². The lowest BCUT2D eigenvalue weighted by atomic mass is 10.1. The maximum atomic E-state index is 12.2. The molecule has 23 heavy (non-hydrogen) atoms. The fourth-order valence-corrected chi connectivity index (χ4v) is 2.04. The van der Waals surface area contributed by atoms with Gasteiger partial charge in [-0.05, 0) is 23.8 Å². The monoisotopic (exact) mass is 332 g/mol. The molecular formula is C16H13ClN2O4. The molecule has 0 saturated carbocycles. The fourth-order valence-electron chi connectivity index (χ4n) is 1.91. The average Bonchev–Trinajstić information content (AvgIpc) is 2.50.